The molecule has 0 unspecified atom stereocenters. The van der Waals surface area contributed by atoms with E-state index >= 15 is 0 Å². The second kappa shape index (κ2) is 4.44. The van der Waals surface area contributed by atoms with E-state index < -0.39 is 5.56 Å². The van der Waals surface area contributed by atoms with Crippen LogP contribution in [0.2, 0.25) is 5.02 Å². The van der Waals surface area contributed by atoms with Gasteiger partial charge in [-0.3, -0.25) is 4.79 Å². The molecule has 3 rings (SSSR count). The Hall–Kier alpha value is -2.27. The normalized spacial score (nSPS) is 10.8. The highest BCUT2D eigenvalue weighted by atomic mass is 35.5. The Balaban J connectivity index is 2.20. The fourth-order valence-electron chi connectivity index (χ4n) is 1.94. The van der Waals surface area contributed by atoms with Crippen molar-refractivity contribution < 1.29 is 4.74 Å². The summed E-state index contributed by atoms with van der Waals surface area (Å²) < 4.78 is 6.95. The Morgan fingerprint density at radius 2 is 2.11 bits per heavy atom. The first-order valence-electron chi connectivity index (χ1n) is 5.58. The molecule has 2 heterocycles. The van der Waals surface area contributed by atoms with Crippen molar-refractivity contribution in [3.8, 4) is 11.4 Å². The van der Waals surface area contributed by atoms with Crippen LogP contribution in [-0.4, -0.2) is 21.9 Å². The van der Waals surface area contributed by atoms with Gasteiger partial charge in [0.1, 0.15) is 10.8 Å². The zero-order valence-electron chi connectivity index (χ0n) is 10.1. The fraction of sp³-hybridized carbons (Fsp3) is 0.0769. The Kier molecular flexibility index (Phi) is 2.76. The van der Waals surface area contributed by atoms with Gasteiger partial charge in [-0.05, 0) is 18.2 Å². The molecule has 0 aliphatic rings. The van der Waals surface area contributed by atoms with E-state index in [1.54, 1.807) is 11.7 Å². The van der Waals surface area contributed by atoms with E-state index in [1.807, 2.05) is 30.6 Å². The number of H-pyrrole nitrogens is 1. The van der Waals surface area contributed by atoms with Crippen LogP contribution in [0.25, 0.3) is 16.5 Å². The third-order valence-corrected chi connectivity index (χ3v) is 3.27. The molecule has 96 valence electrons. The molecule has 0 amide bonds. The van der Waals surface area contributed by atoms with Gasteiger partial charge in [0.25, 0.3) is 5.56 Å². The number of halogens is 1. The van der Waals surface area contributed by atoms with Crippen LogP contribution in [0.3, 0.4) is 0 Å². The average Bonchev–Trinajstić information content (AvgIpc) is 2.84. The molecule has 2 aromatic heterocycles. The number of ether oxygens (including phenoxy) is 1. The minimum Gasteiger partial charge on any atom is -0.497 e. The lowest BCUT2D eigenvalue weighted by Gasteiger charge is -2.02. The number of aromatic amines is 1. The number of rotatable bonds is 2. The maximum atomic E-state index is 11.4. The molecule has 0 saturated carbocycles. The molecular weight excluding hydrogens is 266 g/mol. The van der Waals surface area contributed by atoms with Gasteiger partial charge in [0.05, 0.1) is 19.0 Å². The fourth-order valence-corrected chi connectivity index (χ4v) is 2.13. The summed E-state index contributed by atoms with van der Waals surface area (Å²) in [4.78, 5) is 11.4. The predicted octanol–water partition coefficient (Wildman–Crippen LogP) is 2.38. The van der Waals surface area contributed by atoms with E-state index in [0.29, 0.717) is 5.69 Å². The van der Waals surface area contributed by atoms with Crippen LogP contribution < -0.4 is 10.3 Å². The van der Waals surface area contributed by atoms with Gasteiger partial charge in [-0.1, -0.05) is 11.6 Å². The van der Waals surface area contributed by atoms with Crippen LogP contribution in [0.4, 0.5) is 0 Å². The summed E-state index contributed by atoms with van der Waals surface area (Å²) in [5, 5.41) is 8.18. The smallest absolute Gasteiger partial charge is 0.285 e. The second-order valence-corrected chi connectivity index (χ2v) is 4.44. The van der Waals surface area contributed by atoms with Gasteiger partial charge in [-0.25, -0.2) is 5.10 Å². The molecular formula is C13H10ClN3O2. The molecule has 0 saturated heterocycles. The number of nitrogens with zero attached hydrogens (tertiary/aromatic N) is 2. The lowest BCUT2D eigenvalue weighted by molar-refractivity contribution is 0.415. The maximum absolute atomic E-state index is 11.4. The van der Waals surface area contributed by atoms with Crippen LogP contribution >= 0.6 is 11.6 Å². The van der Waals surface area contributed by atoms with Crippen molar-refractivity contribution in [2.75, 3.05) is 7.11 Å². The van der Waals surface area contributed by atoms with Crippen LogP contribution in [-0.2, 0) is 0 Å². The summed E-state index contributed by atoms with van der Waals surface area (Å²) in [6.07, 6.45) is 5.27. The highest BCUT2D eigenvalue weighted by Crippen LogP contribution is 2.24. The molecule has 0 fully saturated rings. The molecule has 1 N–H and O–H groups in total. The lowest BCUT2D eigenvalue weighted by Crippen LogP contribution is -2.11. The lowest BCUT2D eigenvalue weighted by atomic mass is 10.2. The minimum absolute atomic E-state index is 0.113. The number of methoxy groups -OCH3 is 1. The summed E-state index contributed by atoms with van der Waals surface area (Å²) in [6, 6.07) is 5.74. The summed E-state index contributed by atoms with van der Waals surface area (Å²) in [5.74, 6) is 0.778. The van der Waals surface area contributed by atoms with E-state index in [2.05, 4.69) is 10.2 Å². The monoisotopic (exact) mass is 275 g/mol. The zero-order valence-corrected chi connectivity index (χ0v) is 10.8. The van der Waals surface area contributed by atoms with Gasteiger partial charge in [0, 0.05) is 23.2 Å². The van der Waals surface area contributed by atoms with E-state index in [4.69, 9.17) is 16.3 Å². The summed E-state index contributed by atoms with van der Waals surface area (Å²) in [7, 11) is 1.62. The third-order valence-electron chi connectivity index (χ3n) is 2.91. The Morgan fingerprint density at radius 1 is 1.32 bits per heavy atom. The highest BCUT2D eigenvalue weighted by Gasteiger charge is 2.08. The number of benzene rings is 1. The van der Waals surface area contributed by atoms with E-state index in [1.165, 1.54) is 6.20 Å². The second-order valence-electron chi connectivity index (χ2n) is 4.06. The quantitative estimate of drug-likeness (QED) is 0.781. The van der Waals surface area contributed by atoms with Crippen molar-refractivity contribution in [1.29, 1.82) is 0 Å². The summed E-state index contributed by atoms with van der Waals surface area (Å²) >= 11 is 5.98. The molecule has 5 nitrogen and oxygen atoms in total. The third kappa shape index (κ3) is 1.98. The average molecular weight is 276 g/mol. The maximum Gasteiger partial charge on any atom is 0.285 e. The molecule has 0 radical (unpaired) electrons. The number of nitrogens with one attached hydrogen (secondary N) is 1. The van der Waals surface area contributed by atoms with E-state index in [0.717, 1.165) is 16.5 Å². The van der Waals surface area contributed by atoms with Crippen molar-refractivity contribution in [1.82, 2.24) is 14.8 Å². The standard InChI is InChI=1S/C13H10ClN3O2/c1-19-10-3-2-8-6-17(7-9(8)4-10)11-5-15-16-13(18)12(11)14/h2-7H,1H3,(H,16,18). The van der Waals surface area contributed by atoms with Crippen LogP contribution in [0.15, 0.2) is 41.6 Å². The number of hydrogen-bond acceptors (Lipinski definition) is 3. The van der Waals surface area contributed by atoms with E-state index in [-0.39, 0.29) is 5.02 Å². The van der Waals surface area contributed by atoms with Crippen LogP contribution in [0.5, 0.6) is 5.75 Å². The topological polar surface area (TPSA) is 59.9 Å². The van der Waals surface area contributed by atoms with E-state index in [9.17, 15) is 4.79 Å². The van der Waals surface area contributed by atoms with Gasteiger partial charge >= 0.3 is 0 Å². The first kappa shape index (κ1) is 11.8. The largest absolute Gasteiger partial charge is 0.497 e. The number of fused-ring (bicyclic) bond motifs is 1. The highest BCUT2D eigenvalue weighted by molar-refractivity contribution is 6.32. The van der Waals surface area contributed by atoms with Crippen LogP contribution in [0.1, 0.15) is 0 Å². The van der Waals surface area contributed by atoms with Crippen molar-refractivity contribution in [2.24, 2.45) is 0 Å². The SMILES string of the molecule is COc1ccc2cn(-c3cn[nH]c(=O)c3Cl)cc2c1. The minimum atomic E-state index is -0.408. The molecule has 0 bridgehead atoms. The molecule has 19 heavy (non-hydrogen) atoms. The molecule has 3 aromatic rings. The molecule has 6 heteroatoms. The Morgan fingerprint density at radius 3 is 2.89 bits per heavy atom. The number of aromatic nitrogens is 3. The Bertz CT molecular complexity index is 807. The predicted molar refractivity (Wildman–Crippen MR) is 73.3 cm³/mol. The molecule has 0 spiro atoms. The van der Waals surface area contributed by atoms with Crippen molar-refractivity contribution in [2.45, 2.75) is 0 Å². The first-order chi connectivity index (χ1) is 9.19. The van der Waals surface area contributed by atoms with Crippen LogP contribution in [0, 0.1) is 0 Å². The van der Waals surface area contributed by atoms with Crippen molar-refractivity contribution in [3.05, 3.63) is 52.2 Å². The van der Waals surface area contributed by atoms with Gasteiger partial charge in [-0.15, -0.1) is 0 Å². The summed E-state index contributed by atoms with van der Waals surface area (Å²) in [6.45, 7) is 0. The molecule has 0 atom stereocenters. The molecule has 1 aromatic carbocycles. The molecule has 0 aliphatic carbocycles. The zero-order chi connectivity index (χ0) is 13.4. The first-order valence-corrected chi connectivity index (χ1v) is 5.96. The van der Waals surface area contributed by atoms with Gasteiger partial charge in [0.15, 0.2) is 0 Å². The molecule has 0 aliphatic heterocycles. The Labute approximate surface area is 113 Å². The van der Waals surface area contributed by atoms with Crippen molar-refractivity contribution >= 4 is 22.4 Å². The van der Waals surface area contributed by atoms with Gasteiger partial charge in [0.2, 0.25) is 0 Å². The van der Waals surface area contributed by atoms with Crippen molar-refractivity contribution in [3.63, 3.8) is 0 Å². The van der Waals surface area contributed by atoms with Gasteiger partial charge in [-0.2, -0.15) is 5.10 Å². The van der Waals surface area contributed by atoms with Gasteiger partial charge < -0.3 is 9.30 Å². The number of hydrogen-bond donors (Lipinski definition) is 1. The summed E-state index contributed by atoms with van der Waals surface area (Å²) in [5.41, 5.74) is 0.134.